The van der Waals surface area contributed by atoms with E-state index in [1.807, 2.05) is 0 Å². The Morgan fingerprint density at radius 3 is 2.48 bits per heavy atom. The molecule has 0 aliphatic carbocycles. The van der Waals surface area contributed by atoms with Gasteiger partial charge >= 0.3 is 5.69 Å². The minimum absolute atomic E-state index is 0.134. The average molecular weight is 458 g/mol. The third kappa shape index (κ3) is 5.53. The molecule has 2 heterocycles. The fourth-order valence-electron chi connectivity index (χ4n) is 3.12. The van der Waals surface area contributed by atoms with Gasteiger partial charge in [-0.2, -0.15) is 0 Å². The standard InChI is InChI=1S/C20H35N3O7Si/c1-11-9-23(19(27)22-17(11)26)18-16(28-10-13(25)21-6)15(14(29-18)12(2)24)30-31(7,8)20(3,4)5/h9,12,14-16,18,24H,10H2,1-8H3,(H,21,25)(H,22,26,27)/t12-,14-,15-,16-,18-/m1/s1. The first-order chi connectivity index (χ1) is 14.2. The molecule has 3 N–H and O–H groups in total. The third-order valence-electron chi connectivity index (χ3n) is 6.04. The number of aryl methyl sites for hydroxylation is 1. The van der Waals surface area contributed by atoms with Crippen LogP contribution in [-0.4, -0.2) is 67.0 Å². The topological polar surface area (TPSA) is 132 Å². The van der Waals surface area contributed by atoms with Gasteiger partial charge < -0.3 is 24.3 Å². The number of amides is 1. The van der Waals surface area contributed by atoms with Crippen molar-refractivity contribution in [1.29, 1.82) is 0 Å². The van der Waals surface area contributed by atoms with Crippen molar-refractivity contribution in [3.63, 3.8) is 0 Å². The van der Waals surface area contributed by atoms with Crippen LogP contribution >= 0.6 is 0 Å². The Kier molecular flexibility index (Phi) is 7.70. The second-order valence-electron chi connectivity index (χ2n) is 9.50. The lowest BCUT2D eigenvalue weighted by Gasteiger charge is -2.40. The van der Waals surface area contributed by atoms with Crippen molar-refractivity contribution in [3.05, 3.63) is 32.6 Å². The minimum atomic E-state index is -2.34. The van der Waals surface area contributed by atoms with E-state index in [9.17, 15) is 19.5 Å². The van der Waals surface area contributed by atoms with Crippen LogP contribution in [0.3, 0.4) is 0 Å². The van der Waals surface area contributed by atoms with E-state index >= 15 is 0 Å². The van der Waals surface area contributed by atoms with Crippen LogP contribution in [-0.2, 0) is 18.7 Å². The normalized spacial score (nSPS) is 25.5. The summed E-state index contributed by atoms with van der Waals surface area (Å²) in [4.78, 5) is 38.5. The third-order valence-corrected chi connectivity index (χ3v) is 10.5. The van der Waals surface area contributed by atoms with E-state index in [0.717, 1.165) is 0 Å². The Hall–Kier alpha value is -1.79. The summed E-state index contributed by atoms with van der Waals surface area (Å²) < 4.78 is 19.8. The van der Waals surface area contributed by atoms with Crippen LogP contribution in [0.25, 0.3) is 0 Å². The highest BCUT2D eigenvalue weighted by Crippen LogP contribution is 2.42. The molecule has 11 heteroatoms. The lowest BCUT2D eigenvalue weighted by molar-refractivity contribution is -0.132. The highest BCUT2D eigenvalue weighted by Gasteiger charge is 2.53. The molecule has 1 aliphatic rings. The van der Waals surface area contributed by atoms with Crippen LogP contribution in [0.5, 0.6) is 0 Å². The van der Waals surface area contributed by atoms with E-state index in [-0.39, 0.29) is 17.6 Å². The number of H-pyrrole nitrogens is 1. The number of aromatic amines is 1. The van der Waals surface area contributed by atoms with Crippen molar-refractivity contribution in [2.45, 2.75) is 83.4 Å². The van der Waals surface area contributed by atoms with Gasteiger partial charge in [0.05, 0.1) is 6.10 Å². The Labute approximate surface area is 183 Å². The Morgan fingerprint density at radius 1 is 1.35 bits per heavy atom. The predicted octanol–water partition coefficient (Wildman–Crippen LogP) is 0.645. The lowest BCUT2D eigenvalue weighted by atomic mass is 10.1. The number of aliphatic hydroxyl groups is 1. The van der Waals surface area contributed by atoms with Crippen molar-refractivity contribution < 1.29 is 23.8 Å². The fraction of sp³-hybridized carbons (Fsp3) is 0.750. The molecule has 0 radical (unpaired) electrons. The first-order valence-corrected chi connectivity index (χ1v) is 13.3. The van der Waals surface area contributed by atoms with Crippen LogP contribution in [0.15, 0.2) is 15.8 Å². The molecule has 1 saturated heterocycles. The maximum atomic E-state index is 12.5. The Balaban J connectivity index is 2.54. The number of likely N-dealkylation sites (N-methyl/N-ethyl adjacent to an activating group) is 1. The summed E-state index contributed by atoms with van der Waals surface area (Å²) in [7, 11) is -0.852. The van der Waals surface area contributed by atoms with Gasteiger partial charge in [0.2, 0.25) is 5.91 Å². The zero-order chi connectivity index (χ0) is 23.7. The van der Waals surface area contributed by atoms with E-state index < -0.39 is 50.2 Å². The number of nitrogens with one attached hydrogen (secondary N) is 2. The zero-order valence-corrected chi connectivity index (χ0v) is 20.5. The molecule has 0 saturated carbocycles. The van der Waals surface area contributed by atoms with Gasteiger partial charge in [0.25, 0.3) is 5.56 Å². The van der Waals surface area contributed by atoms with Crippen LogP contribution in [0, 0.1) is 6.92 Å². The molecule has 2 rings (SSSR count). The quantitative estimate of drug-likeness (QED) is 0.512. The van der Waals surface area contributed by atoms with Gasteiger partial charge in [-0.1, -0.05) is 20.8 Å². The molecular formula is C20H35N3O7Si. The van der Waals surface area contributed by atoms with E-state index in [0.29, 0.717) is 5.56 Å². The van der Waals surface area contributed by atoms with Crippen LogP contribution in [0.1, 0.15) is 39.5 Å². The SMILES string of the molecule is CNC(=O)CO[C@@H]1[C@H](O[Si](C)(C)C(C)(C)C)[C@@H]([C@@H](C)O)O[C@H]1n1cc(C)c(=O)[nH]c1=O. The highest BCUT2D eigenvalue weighted by molar-refractivity contribution is 6.74. The van der Waals surface area contributed by atoms with Crippen LogP contribution in [0.2, 0.25) is 18.1 Å². The molecule has 1 aromatic rings. The minimum Gasteiger partial charge on any atom is -0.408 e. The number of nitrogens with zero attached hydrogens (tertiary/aromatic N) is 1. The monoisotopic (exact) mass is 457 g/mol. The van der Waals surface area contributed by atoms with E-state index in [1.165, 1.54) is 17.8 Å². The molecule has 1 fully saturated rings. The van der Waals surface area contributed by atoms with Crippen molar-refractivity contribution >= 4 is 14.2 Å². The number of hydrogen-bond acceptors (Lipinski definition) is 7. The van der Waals surface area contributed by atoms with Crippen molar-refractivity contribution in [2.24, 2.45) is 0 Å². The highest BCUT2D eigenvalue weighted by atomic mass is 28.4. The summed E-state index contributed by atoms with van der Waals surface area (Å²) in [6.45, 7) is 13.2. The molecular weight excluding hydrogens is 422 g/mol. The predicted molar refractivity (Wildman–Crippen MR) is 118 cm³/mol. The molecule has 5 atom stereocenters. The number of aromatic nitrogens is 2. The molecule has 0 aromatic carbocycles. The number of ether oxygens (including phenoxy) is 2. The molecule has 1 amide bonds. The summed E-state index contributed by atoms with van der Waals surface area (Å²) in [5, 5.41) is 12.8. The van der Waals surface area contributed by atoms with E-state index in [4.69, 9.17) is 13.9 Å². The van der Waals surface area contributed by atoms with Gasteiger partial charge in [-0.25, -0.2) is 4.79 Å². The van der Waals surface area contributed by atoms with Gasteiger partial charge in [0.1, 0.15) is 24.9 Å². The summed E-state index contributed by atoms with van der Waals surface area (Å²) >= 11 is 0. The fourth-order valence-corrected chi connectivity index (χ4v) is 4.43. The van der Waals surface area contributed by atoms with Crippen LogP contribution < -0.4 is 16.6 Å². The second-order valence-corrected chi connectivity index (χ2v) is 14.3. The Bertz CT molecular complexity index is 903. The number of carbonyl (C=O) groups excluding carboxylic acids is 1. The molecule has 31 heavy (non-hydrogen) atoms. The smallest absolute Gasteiger partial charge is 0.330 e. The Morgan fingerprint density at radius 2 is 1.97 bits per heavy atom. The number of hydrogen-bond donors (Lipinski definition) is 3. The maximum absolute atomic E-state index is 12.5. The van der Waals surface area contributed by atoms with Gasteiger partial charge in [-0.3, -0.25) is 19.1 Å². The van der Waals surface area contributed by atoms with Gasteiger partial charge in [-0.15, -0.1) is 0 Å². The van der Waals surface area contributed by atoms with Crippen LogP contribution in [0.4, 0.5) is 0 Å². The van der Waals surface area contributed by atoms with Crippen molar-refractivity contribution in [1.82, 2.24) is 14.9 Å². The zero-order valence-electron chi connectivity index (χ0n) is 19.5. The molecule has 1 aliphatic heterocycles. The molecule has 176 valence electrons. The second kappa shape index (κ2) is 9.37. The molecule has 0 unspecified atom stereocenters. The summed E-state index contributed by atoms with van der Waals surface area (Å²) in [6, 6.07) is 0. The van der Waals surface area contributed by atoms with E-state index in [1.54, 1.807) is 13.8 Å². The van der Waals surface area contributed by atoms with Crippen molar-refractivity contribution in [3.8, 4) is 0 Å². The maximum Gasteiger partial charge on any atom is 0.330 e. The van der Waals surface area contributed by atoms with Gasteiger partial charge in [0.15, 0.2) is 14.5 Å². The van der Waals surface area contributed by atoms with E-state index in [2.05, 4.69) is 44.2 Å². The molecule has 1 aromatic heterocycles. The van der Waals surface area contributed by atoms with Crippen molar-refractivity contribution in [2.75, 3.05) is 13.7 Å². The van der Waals surface area contributed by atoms with Gasteiger partial charge in [0, 0.05) is 18.8 Å². The number of rotatable bonds is 7. The lowest BCUT2D eigenvalue weighted by Crippen LogP contribution is -2.52. The summed E-state index contributed by atoms with van der Waals surface area (Å²) in [6.07, 6.45) is -2.93. The first kappa shape index (κ1) is 25.5. The molecule has 0 spiro atoms. The van der Waals surface area contributed by atoms with Gasteiger partial charge in [-0.05, 0) is 32.0 Å². The average Bonchev–Trinajstić information content (AvgIpc) is 2.99. The summed E-state index contributed by atoms with van der Waals surface area (Å²) in [5.74, 6) is -0.352. The molecule has 10 nitrogen and oxygen atoms in total. The first-order valence-electron chi connectivity index (χ1n) is 10.3. The number of aliphatic hydroxyl groups excluding tert-OH is 1. The molecule has 0 bridgehead atoms. The number of carbonyl (C=O) groups is 1. The largest absolute Gasteiger partial charge is 0.408 e. The summed E-state index contributed by atoms with van der Waals surface area (Å²) in [5.41, 5.74) is -0.856.